The molecule has 1 unspecified atom stereocenters. The minimum absolute atomic E-state index is 0.0290. The second-order valence-electron chi connectivity index (χ2n) is 9.41. The van der Waals surface area contributed by atoms with Crippen molar-refractivity contribution >= 4 is 34.7 Å². The number of hydrogen-bond donors (Lipinski definition) is 2. The Balaban J connectivity index is 1.97. The second kappa shape index (κ2) is 9.12. The lowest BCUT2D eigenvalue weighted by atomic mass is 9.84. The van der Waals surface area contributed by atoms with Crippen LogP contribution in [0.2, 0.25) is 5.02 Å². The summed E-state index contributed by atoms with van der Waals surface area (Å²) in [5.41, 5.74) is 1.70. The number of Topliss-reactive ketones (excluding diaryl/α,β-unsaturated/α-hetero) is 1. The van der Waals surface area contributed by atoms with E-state index in [1.807, 2.05) is 20.8 Å². The molecular formula is C28H26ClNO5. The van der Waals surface area contributed by atoms with E-state index < -0.39 is 17.7 Å². The molecule has 1 heterocycles. The fourth-order valence-corrected chi connectivity index (χ4v) is 4.52. The normalized spacial score (nSPS) is 17.6. The number of ketones is 1. The molecule has 2 N–H and O–H groups in total. The molecule has 1 atom stereocenters. The maximum Gasteiger partial charge on any atom is 0.300 e. The number of nitrogens with zero attached hydrogens (tertiary/aromatic N) is 1. The first-order valence-electron chi connectivity index (χ1n) is 11.1. The first kappa shape index (κ1) is 24.4. The number of aliphatic hydroxyl groups is 1. The van der Waals surface area contributed by atoms with Crippen LogP contribution < -0.4 is 9.64 Å². The largest absolute Gasteiger partial charge is 0.508 e. The smallest absolute Gasteiger partial charge is 0.300 e. The van der Waals surface area contributed by atoms with E-state index in [4.69, 9.17) is 16.3 Å². The van der Waals surface area contributed by atoms with Crippen molar-refractivity contribution in [2.24, 2.45) is 0 Å². The van der Waals surface area contributed by atoms with Gasteiger partial charge in [0.1, 0.15) is 17.3 Å². The molecule has 0 radical (unpaired) electrons. The number of carbonyl (C=O) groups excluding carboxylic acids is 2. The minimum atomic E-state index is -0.972. The third kappa shape index (κ3) is 4.49. The van der Waals surface area contributed by atoms with Crippen molar-refractivity contribution in [1.82, 2.24) is 0 Å². The van der Waals surface area contributed by atoms with Crippen molar-refractivity contribution in [2.75, 3.05) is 12.0 Å². The second-order valence-corrected chi connectivity index (χ2v) is 9.85. The van der Waals surface area contributed by atoms with Gasteiger partial charge in [-0.1, -0.05) is 50.6 Å². The number of hydrogen-bond acceptors (Lipinski definition) is 5. The van der Waals surface area contributed by atoms with Gasteiger partial charge in [0, 0.05) is 21.8 Å². The number of anilines is 1. The Labute approximate surface area is 209 Å². The molecule has 6 nitrogen and oxygen atoms in total. The molecule has 0 saturated carbocycles. The number of rotatable bonds is 4. The summed E-state index contributed by atoms with van der Waals surface area (Å²) in [6.07, 6.45) is 0. The summed E-state index contributed by atoms with van der Waals surface area (Å²) in [4.78, 5) is 27.9. The highest BCUT2D eigenvalue weighted by molar-refractivity contribution is 6.51. The first-order chi connectivity index (χ1) is 16.5. The van der Waals surface area contributed by atoms with Gasteiger partial charge in [-0.2, -0.15) is 0 Å². The van der Waals surface area contributed by atoms with Crippen molar-refractivity contribution in [1.29, 1.82) is 0 Å². The maximum absolute atomic E-state index is 13.3. The Morgan fingerprint density at radius 3 is 2.34 bits per heavy atom. The zero-order valence-corrected chi connectivity index (χ0v) is 20.6. The van der Waals surface area contributed by atoms with Crippen LogP contribution in [0.4, 0.5) is 5.69 Å². The zero-order chi connectivity index (χ0) is 25.5. The molecule has 4 rings (SSSR count). The summed E-state index contributed by atoms with van der Waals surface area (Å²) in [6.45, 7) is 6.04. The summed E-state index contributed by atoms with van der Waals surface area (Å²) in [5, 5.41) is 22.0. The fourth-order valence-electron chi connectivity index (χ4n) is 4.33. The number of benzene rings is 3. The van der Waals surface area contributed by atoms with Crippen LogP contribution in [0.25, 0.3) is 5.76 Å². The van der Waals surface area contributed by atoms with Crippen LogP contribution in [0.3, 0.4) is 0 Å². The monoisotopic (exact) mass is 491 g/mol. The molecule has 3 aromatic rings. The van der Waals surface area contributed by atoms with Gasteiger partial charge < -0.3 is 14.9 Å². The molecule has 1 aliphatic rings. The molecule has 0 bridgehead atoms. The van der Waals surface area contributed by atoms with Crippen molar-refractivity contribution in [3.63, 3.8) is 0 Å². The molecule has 7 heteroatoms. The molecule has 1 saturated heterocycles. The lowest BCUT2D eigenvalue weighted by Crippen LogP contribution is -2.29. The van der Waals surface area contributed by atoms with Crippen LogP contribution in [0.1, 0.15) is 43.5 Å². The summed E-state index contributed by atoms with van der Waals surface area (Å²) >= 11 is 6.17. The highest BCUT2D eigenvalue weighted by atomic mass is 35.5. The van der Waals surface area contributed by atoms with Gasteiger partial charge in [0.25, 0.3) is 11.7 Å². The van der Waals surface area contributed by atoms with Gasteiger partial charge in [0.05, 0.1) is 18.7 Å². The SMILES string of the molecule is COc1ccc(/C(O)=C2/C(=O)C(=O)N(c3cccc(Cl)c3)C2c2cccc(O)c2)cc1C(C)(C)C. The van der Waals surface area contributed by atoms with Crippen molar-refractivity contribution in [3.05, 3.63) is 94.0 Å². The van der Waals surface area contributed by atoms with E-state index in [-0.39, 0.29) is 22.5 Å². The van der Waals surface area contributed by atoms with E-state index in [2.05, 4.69) is 0 Å². The highest BCUT2D eigenvalue weighted by Gasteiger charge is 2.47. The Hall–Kier alpha value is -3.77. The van der Waals surface area contributed by atoms with E-state index in [1.54, 1.807) is 61.7 Å². The summed E-state index contributed by atoms with van der Waals surface area (Å²) < 4.78 is 5.49. The molecule has 1 aliphatic heterocycles. The topological polar surface area (TPSA) is 87.1 Å². The van der Waals surface area contributed by atoms with Crippen LogP contribution >= 0.6 is 11.6 Å². The summed E-state index contributed by atoms with van der Waals surface area (Å²) in [5.74, 6) is -1.32. The van der Waals surface area contributed by atoms with Crippen LogP contribution in [0.15, 0.2) is 72.3 Å². The van der Waals surface area contributed by atoms with Gasteiger partial charge in [-0.25, -0.2) is 0 Å². The Morgan fingerprint density at radius 2 is 1.71 bits per heavy atom. The van der Waals surface area contributed by atoms with Gasteiger partial charge in [-0.3, -0.25) is 14.5 Å². The van der Waals surface area contributed by atoms with Gasteiger partial charge in [-0.05, 0) is 59.5 Å². The molecule has 0 aromatic heterocycles. The Kier molecular flexibility index (Phi) is 6.34. The molecule has 35 heavy (non-hydrogen) atoms. The van der Waals surface area contributed by atoms with Crippen LogP contribution in [0, 0.1) is 0 Å². The number of aromatic hydroxyl groups is 1. The third-order valence-corrected chi connectivity index (χ3v) is 6.23. The Morgan fingerprint density at radius 1 is 1.00 bits per heavy atom. The minimum Gasteiger partial charge on any atom is -0.508 e. The van der Waals surface area contributed by atoms with Crippen molar-refractivity contribution < 1.29 is 24.5 Å². The highest BCUT2D eigenvalue weighted by Crippen LogP contribution is 2.44. The summed E-state index contributed by atoms with van der Waals surface area (Å²) in [6, 6.07) is 17.0. The van der Waals surface area contributed by atoms with E-state index in [0.29, 0.717) is 27.6 Å². The molecule has 3 aromatic carbocycles. The fraction of sp³-hybridized carbons (Fsp3) is 0.214. The number of methoxy groups -OCH3 is 1. The van der Waals surface area contributed by atoms with Crippen LogP contribution in [-0.4, -0.2) is 29.0 Å². The van der Waals surface area contributed by atoms with Gasteiger partial charge >= 0.3 is 0 Å². The molecule has 0 aliphatic carbocycles. The van der Waals surface area contributed by atoms with Gasteiger partial charge in [0.15, 0.2) is 0 Å². The number of halogens is 1. The van der Waals surface area contributed by atoms with E-state index in [1.165, 1.54) is 17.0 Å². The van der Waals surface area contributed by atoms with Gasteiger partial charge in [0.2, 0.25) is 0 Å². The van der Waals surface area contributed by atoms with Crippen molar-refractivity contribution in [2.45, 2.75) is 32.2 Å². The van der Waals surface area contributed by atoms with E-state index in [0.717, 1.165) is 5.56 Å². The van der Waals surface area contributed by atoms with E-state index in [9.17, 15) is 19.8 Å². The average Bonchev–Trinajstić information content (AvgIpc) is 3.08. The summed E-state index contributed by atoms with van der Waals surface area (Å²) in [7, 11) is 1.57. The number of phenols is 1. The zero-order valence-electron chi connectivity index (χ0n) is 19.9. The van der Waals surface area contributed by atoms with Gasteiger partial charge in [-0.15, -0.1) is 0 Å². The predicted octanol–water partition coefficient (Wildman–Crippen LogP) is 5.98. The van der Waals surface area contributed by atoms with Crippen LogP contribution in [0.5, 0.6) is 11.5 Å². The average molecular weight is 492 g/mol. The lowest BCUT2D eigenvalue weighted by Gasteiger charge is -2.26. The number of ether oxygens (including phenoxy) is 1. The van der Waals surface area contributed by atoms with E-state index >= 15 is 0 Å². The molecule has 1 fully saturated rings. The standard InChI is InChI=1S/C28H26ClNO5/c1-28(2,3)21-14-17(11-12-22(21)35-4)25(32)23-24(16-7-5-10-20(31)13-16)30(27(34)26(23)33)19-9-6-8-18(29)15-19/h5-15,24,31-32H,1-4H3/b25-23-. The maximum atomic E-state index is 13.3. The molecule has 0 spiro atoms. The molecule has 180 valence electrons. The lowest BCUT2D eigenvalue weighted by molar-refractivity contribution is -0.132. The van der Waals surface area contributed by atoms with Crippen LogP contribution in [-0.2, 0) is 15.0 Å². The number of aliphatic hydroxyl groups excluding tert-OH is 1. The number of carbonyl (C=O) groups is 2. The van der Waals surface area contributed by atoms with Crippen molar-refractivity contribution in [3.8, 4) is 11.5 Å². The Bertz CT molecular complexity index is 1360. The molecular weight excluding hydrogens is 466 g/mol. The quantitative estimate of drug-likeness (QED) is 0.266. The first-order valence-corrected chi connectivity index (χ1v) is 11.4. The predicted molar refractivity (Wildman–Crippen MR) is 136 cm³/mol. The molecule has 1 amide bonds. The number of amides is 1. The number of phenolic OH excluding ortho intramolecular Hbond substituents is 1. The third-order valence-electron chi connectivity index (χ3n) is 6.00.